The summed E-state index contributed by atoms with van der Waals surface area (Å²) in [6, 6.07) is 0. The number of nitrogens with one attached hydrogen (secondary N) is 2. The molecule has 4 atom stereocenters. The Hall–Kier alpha value is -0.280. The van der Waals surface area contributed by atoms with Gasteiger partial charge >= 0.3 is 28.7 Å². The molecule has 1 aromatic carbocycles. The van der Waals surface area contributed by atoms with E-state index in [0.717, 1.165) is 11.3 Å². The molecule has 0 spiro atoms. The van der Waals surface area contributed by atoms with Gasteiger partial charge in [-0.1, -0.05) is 0 Å². The normalized spacial score (nSPS) is 22.7. The first kappa shape index (κ1) is 32.2. The third-order valence-corrected chi connectivity index (χ3v) is 9.68. The van der Waals surface area contributed by atoms with Crippen molar-refractivity contribution >= 4 is 132 Å². The number of benzene rings is 1. The Kier molecular flexibility index (Phi) is 12.4. The van der Waals surface area contributed by atoms with Crippen LogP contribution in [0.25, 0.3) is 0 Å². The van der Waals surface area contributed by atoms with Crippen molar-refractivity contribution in [1.82, 2.24) is 9.74 Å². The van der Waals surface area contributed by atoms with Gasteiger partial charge in [0.05, 0.1) is 43.7 Å². The van der Waals surface area contributed by atoms with Gasteiger partial charge in [-0.05, 0) is 67.8 Å². The Morgan fingerprint density at radius 2 is 1.58 bits per heavy atom. The van der Waals surface area contributed by atoms with Crippen molar-refractivity contribution in [3.8, 4) is 0 Å². The maximum absolute atomic E-state index is 13.4. The van der Waals surface area contributed by atoms with Crippen LogP contribution in [0.15, 0.2) is 0 Å². The Labute approximate surface area is 267 Å². The lowest BCUT2D eigenvalue weighted by molar-refractivity contribution is -0.144. The molecule has 2 heterocycles. The summed E-state index contributed by atoms with van der Waals surface area (Å²) in [5.41, 5.74) is 0.158. The second-order valence-electron chi connectivity index (χ2n) is 7.37. The molecule has 2 aliphatic rings. The van der Waals surface area contributed by atoms with Crippen molar-refractivity contribution in [3.05, 3.63) is 21.8 Å². The quantitative estimate of drug-likeness (QED) is 0.208. The summed E-state index contributed by atoms with van der Waals surface area (Å²) in [6.45, 7) is 0.282. The van der Waals surface area contributed by atoms with Gasteiger partial charge in [0.25, 0.3) is 17.7 Å². The standard InChI is InChI=1S/C18H17ClI3N3O11S2/c1-7(26)32-6-10(27)24-16-14(21)11(17(28)23-2-8-4-33-37(30)35-8)13(20)12(15(16)22)18(29)25(19)3-9-5-34-38(31)36-9/h8-9H,2-6H2,1H3,(H,23,28)(H,24,27). The second-order valence-corrected chi connectivity index (χ2v) is 12.7. The van der Waals surface area contributed by atoms with E-state index in [9.17, 15) is 27.6 Å². The van der Waals surface area contributed by atoms with E-state index in [2.05, 4.69) is 10.6 Å². The van der Waals surface area contributed by atoms with Gasteiger partial charge in [0, 0.05) is 28.8 Å². The number of rotatable bonds is 9. The number of nitrogens with zero attached hydrogens (tertiary/aromatic N) is 1. The first-order valence-electron chi connectivity index (χ1n) is 10.2. The van der Waals surface area contributed by atoms with E-state index < -0.39 is 65.2 Å². The molecule has 0 aliphatic carbocycles. The summed E-state index contributed by atoms with van der Waals surface area (Å²) in [4.78, 5) is 50.2. The molecule has 2 N–H and O–H groups in total. The SMILES string of the molecule is CC(=O)OCC(=O)Nc1c(I)c(C(=O)NCC2COS(=O)O2)c(I)c(C(=O)N(Cl)CC2COS(=O)O2)c1I. The fraction of sp³-hybridized carbons (Fsp3) is 0.444. The molecule has 0 aromatic heterocycles. The minimum Gasteiger partial charge on any atom is -0.456 e. The summed E-state index contributed by atoms with van der Waals surface area (Å²) < 4.78 is 48.6. The number of carbonyl (C=O) groups is 4. The zero-order valence-corrected chi connectivity index (χ0v) is 27.8. The van der Waals surface area contributed by atoms with E-state index in [1.807, 2.05) is 67.8 Å². The molecule has 2 saturated heterocycles. The Morgan fingerprint density at radius 1 is 1.00 bits per heavy atom. The number of carbonyl (C=O) groups excluding carboxylic acids is 4. The molecule has 0 saturated carbocycles. The molecule has 2 fully saturated rings. The molecule has 14 nitrogen and oxygen atoms in total. The lowest BCUT2D eigenvalue weighted by atomic mass is 10.1. The number of anilines is 1. The number of amides is 3. The molecule has 3 rings (SSSR count). The van der Waals surface area contributed by atoms with Crippen LogP contribution in [0.3, 0.4) is 0 Å². The van der Waals surface area contributed by atoms with Crippen LogP contribution in [0.1, 0.15) is 27.6 Å². The minimum absolute atomic E-state index is 0.00357. The third-order valence-electron chi connectivity index (χ3n) is 4.63. The Bertz CT molecular complexity index is 1210. The fourth-order valence-electron chi connectivity index (χ4n) is 2.95. The highest BCUT2D eigenvalue weighted by Gasteiger charge is 2.34. The third kappa shape index (κ3) is 8.37. The van der Waals surface area contributed by atoms with Crippen LogP contribution in [-0.2, 0) is 53.8 Å². The molecule has 0 radical (unpaired) electrons. The Morgan fingerprint density at radius 3 is 2.13 bits per heavy atom. The zero-order valence-electron chi connectivity index (χ0n) is 19.0. The van der Waals surface area contributed by atoms with Crippen LogP contribution in [0, 0.1) is 10.7 Å². The first-order chi connectivity index (χ1) is 17.9. The monoisotopic (exact) mass is 931 g/mol. The van der Waals surface area contributed by atoms with E-state index in [1.165, 1.54) is 0 Å². The molecule has 4 unspecified atom stereocenters. The Balaban J connectivity index is 1.95. The van der Waals surface area contributed by atoms with Crippen LogP contribution >= 0.6 is 79.5 Å². The smallest absolute Gasteiger partial charge is 0.305 e. The van der Waals surface area contributed by atoms with Gasteiger partial charge in [-0.3, -0.25) is 35.9 Å². The van der Waals surface area contributed by atoms with Gasteiger partial charge in [-0.25, -0.2) is 4.42 Å². The lowest BCUT2D eigenvalue weighted by Gasteiger charge is -2.22. The van der Waals surface area contributed by atoms with Crippen molar-refractivity contribution < 1.29 is 49.1 Å². The number of hydrogen-bond donors (Lipinski definition) is 2. The van der Waals surface area contributed by atoms with Crippen molar-refractivity contribution in [3.63, 3.8) is 0 Å². The molecule has 0 bridgehead atoms. The van der Waals surface area contributed by atoms with E-state index in [-0.39, 0.29) is 53.8 Å². The molecule has 38 heavy (non-hydrogen) atoms. The predicted molar refractivity (Wildman–Crippen MR) is 157 cm³/mol. The predicted octanol–water partition coefficient (Wildman–Crippen LogP) is 1.32. The lowest BCUT2D eigenvalue weighted by Crippen LogP contribution is -2.36. The van der Waals surface area contributed by atoms with Gasteiger partial charge in [-0.2, -0.15) is 8.42 Å². The summed E-state index contributed by atoms with van der Waals surface area (Å²) in [7, 11) is 0. The molecular formula is C18H17ClI3N3O11S2. The van der Waals surface area contributed by atoms with Crippen LogP contribution in [0.4, 0.5) is 5.69 Å². The molecule has 3 amide bonds. The summed E-state index contributed by atoms with van der Waals surface area (Å²) in [6.07, 6.45) is -1.40. The summed E-state index contributed by atoms with van der Waals surface area (Å²) in [5.74, 6) is -2.72. The van der Waals surface area contributed by atoms with Gasteiger partial charge in [-0.15, -0.1) is 0 Å². The number of halogens is 4. The second kappa shape index (κ2) is 14.6. The summed E-state index contributed by atoms with van der Waals surface area (Å²) in [5, 5.41) is 5.22. The van der Waals surface area contributed by atoms with Gasteiger partial charge in [0.1, 0.15) is 12.2 Å². The van der Waals surface area contributed by atoms with E-state index in [0.29, 0.717) is 0 Å². The highest BCUT2D eigenvalue weighted by molar-refractivity contribution is 14.1. The van der Waals surface area contributed by atoms with Crippen LogP contribution in [-0.4, -0.2) is 81.6 Å². The zero-order chi connectivity index (χ0) is 28.1. The maximum Gasteiger partial charge on any atom is 0.305 e. The minimum atomic E-state index is -1.95. The van der Waals surface area contributed by atoms with Crippen LogP contribution in [0.5, 0.6) is 0 Å². The van der Waals surface area contributed by atoms with E-state index in [4.69, 9.17) is 33.2 Å². The van der Waals surface area contributed by atoms with Gasteiger partial charge in [0.15, 0.2) is 6.61 Å². The topological polar surface area (TPSA) is 176 Å². The van der Waals surface area contributed by atoms with Crippen molar-refractivity contribution in [2.45, 2.75) is 19.1 Å². The molecular weight excluding hydrogens is 915 g/mol. The highest BCUT2D eigenvalue weighted by atomic mass is 127. The molecule has 2 aliphatic heterocycles. The first-order valence-corrected chi connectivity index (χ1v) is 15.8. The van der Waals surface area contributed by atoms with Gasteiger partial charge in [0.2, 0.25) is 0 Å². The average Bonchev–Trinajstić information content (AvgIpc) is 3.46. The van der Waals surface area contributed by atoms with Crippen LogP contribution in [0.2, 0.25) is 0 Å². The number of hydrogen-bond acceptors (Lipinski definition) is 11. The molecule has 20 heteroatoms. The highest BCUT2D eigenvalue weighted by Crippen LogP contribution is 2.37. The van der Waals surface area contributed by atoms with Crippen molar-refractivity contribution in [2.24, 2.45) is 0 Å². The summed E-state index contributed by atoms with van der Waals surface area (Å²) >= 11 is 7.91. The molecule has 1 aromatic rings. The van der Waals surface area contributed by atoms with Crippen LogP contribution < -0.4 is 10.6 Å². The number of esters is 1. The average molecular weight is 932 g/mol. The fourth-order valence-corrected chi connectivity index (χ4v) is 8.90. The molecule has 210 valence electrons. The largest absolute Gasteiger partial charge is 0.456 e. The van der Waals surface area contributed by atoms with E-state index in [1.54, 1.807) is 0 Å². The van der Waals surface area contributed by atoms with Crippen molar-refractivity contribution in [1.29, 1.82) is 0 Å². The van der Waals surface area contributed by atoms with Gasteiger partial charge < -0.3 is 15.4 Å². The van der Waals surface area contributed by atoms with E-state index >= 15 is 0 Å². The van der Waals surface area contributed by atoms with Crippen molar-refractivity contribution in [2.75, 3.05) is 38.2 Å². The number of ether oxygens (including phenoxy) is 1. The maximum atomic E-state index is 13.4.